The summed E-state index contributed by atoms with van der Waals surface area (Å²) in [6, 6.07) is 1.69. The molecular formula is C24H44N2O4. The molecule has 1 aromatic rings. The maximum absolute atomic E-state index is 10.1. The van der Waals surface area contributed by atoms with Gasteiger partial charge in [0.15, 0.2) is 5.82 Å². The van der Waals surface area contributed by atoms with Gasteiger partial charge in [0, 0.05) is 25.2 Å². The summed E-state index contributed by atoms with van der Waals surface area (Å²) in [6.07, 6.45) is 8.85. The number of rotatable bonds is 8. The molecule has 0 aromatic carbocycles. The number of hydrogen-bond acceptors (Lipinski definition) is 5. The molecule has 6 heteroatoms. The Labute approximate surface area is 183 Å². The van der Waals surface area contributed by atoms with Crippen molar-refractivity contribution < 1.29 is 18.8 Å². The number of carbonyl (C=O) groups excluding carboxylic acids is 1. The molecule has 3 rings (SSSR count). The SMILES string of the molecule is CCC1CC1.CCOC1(C(C)(C)C)CCC1.COCC(C)(C)c1cc(NC=O)no1. The maximum Gasteiger partial charge on any atom is 0.212 e. The number of aromatic nitrogens is 1. The standard InChI is InChI=1S/C10H20O.C9H14N2O3.C5H10/c1-5-11-10(7-6-8-10)9(2,3)4;1-9(2,5-13-3)7-4-8(10-6-12)11-14-7;1-2-5-3-4-5/h5-8H2,1-4H3;4,6H,5H2,1-3H3,(H,10,11,12);5H,2-4H2,1H3. The third-order valence-electron chi connectivity index (χ3n) is 6.11. The molecule has 0 atom stereocenters. The van der Waals surface area contributed by atoms with Crippen LogP contribution in [-0.4, -0.2) is 37.5 Å². The molecule has 1 N–H and O–H groups in total. The van der Waals surface area contributed by atoms with Crippen molar-refractivity contribution in [2.45, 2.75) is 98.0 Å². The highest BCUT2D eigenvalue weighted by Gasteiger charge is 2.47. The van der Waals surface area contributed by atoms with E-state index in [9.17, 15) is 4.79 Å². The maximum atomic E-state index is 10.1. The van der Waals surface area contributed by atoms with Crippen LogP contribution in [0, 0.1) is 11.3 Å². The second-order valence-corrected chi connectivity index (χ2v) is 10.0. The van der Waals surface area contributed by atoms with E-state index in [1.165, 1.54) is 38.5 Å². The predicted octanol–water partition coefficient (Wildman–Crippen LogP) is 5.97. The van der Waals surface area contributed by atoms with Crippen molar-refractivity contribution >= 4 is 12.2 Å². The van der Waals surface area contributed by atoms with E-state index >= 15 is 0 Å². The van der Waals surface area contributed by atoms with Crippen molar-refractivity contribution in [1.29, 1.82) is 0 Å². The zero-order valence-electron chi connectivity index (χ0n) is 20.5. The van der Waals surface area contributed by atoms with Crippen LogP contribution in [0.25, 0.3) is 0 Å². The van der Waals surface area contributed by atoms with E-state index in [-0.39, 0.29) is 11.0 Å². The van der Waals surface area contributed by atoms with Gasteiger partial charge in [0.2, 0.25) is 6.41 Å². The molecule has 174 valence electrons. The number of amides is 1. The average Bonchev–Trinajstić information content (AvgIpc) is 3.35. The molecule has 2 aliphatic rings. The Bertz CT molecular complexity index is 611. The zero-order chi connectivity index (χ0) is 22.8. The summed E-state index contributed by atoms with van der Waals surface area (Å²) in [7, 11) is 1.63. The van der Waals surface area contributed by atoms with Crippen LogP contribution in [0.3, 0.4) is 0 Å². The zero-order valence-corrected chi connectivity index (χ0v) is 20.5. The minimum Gasteiger partial charge on any atom is -0.384 e. The Kier molecular flexibility index (Phi) is 10.5. The summed E-state index contributed by atoms with van der Waals surface area (Å²) in [5.74, 6) is 2.23. The van der Waals surface area contributed by atoms with Crippen LogP contribution in [0.1, 0.15) is 92.8 Å². The third kappa shape index (κ3) is 8.03. The molecule has 1 aromatic heterocycles. The fourth-order valence-corrected chi connectivity index (χ4v) is 3.57. The molecule has 0 saturated heterocycles. The number of nitrogens with one attached hydrogen (secondary N) is 1. The molecule has 30 heavy (non-hydrogen) atoms. The van der Waals surface area contributed by atoms with Gasteiger partial charge in [-0.05, 0) is 37.5 Å². The lowest BCUT2D eigenvalue weighted by Crippen LogP contribution is -2.51. The van der Waals surface area contributed by atoms with Gasteiger partial charge in [-0.25, -0.2) is 0 Å². The van der Waals surface area contributed by atoms with Crippen LogP contribution in [-0.2, 0) is 19.7 Å². The number of ether oxygens (including phenoxy) is 2. The summed E-state index contributed by atoms with van der Waals surface area (Å²) in [4.78, 5) is 10.1. The van der Waals surface area contributed by atoms with Gasteiger partial charge < -0.3 is 19.3 Å². The van der Waals surface area contributed by atoms with Gasteiger partial charge in [-0.3, -0.25) is 4.79 Å². The van der Waals surface area contributed by atoms with Crippen molar-refractivity contribution in [2.24, 2.45) is 11.3 Å². The van der Waals surface area contributed by atoms with E-state index in [0.29, 0.717) is 30.0 Å². The third-order valence-corrected chi connectivity index (χ3v) is 6.11. The van der Waals surface area contributed by atoms with Gasteiger partial charge in [-0.1, -0.05) is 66.0 Å². The molecule has 6 nitrogen and oxygen atoms in total. The van der Waals surface area contributed by atoms with Crippen LogP contribution >= 0.6 is 0 Å². The first-order valence-electron chi connectivity index (χ1n) is 11.4. The molecule has 2 saturated carbocycles. The molecule has 2 aliphatic carbocycles. The van der Waals surface area contributed by atoms with E-state index in [0.717, 1.165) is 12.5 Å². The Hall–Kier alpha value is -1.40. The molecule has 0 spiro atoms. The number of methoxy groups -OCH3 is 1. The second-order valence-electron chi connectivity index (χ2n) is 10.0. The van der Waals surface area contributed by atoms with Crippen LogP contribution in [0.15, 0.2) is 10.6 Å². The number of carbonyl (C=O) groups is 1. The lowest BCUT2D eigenvalue weighted by molar-refractivity contribution is -0.162. The van der Waals surface area contributed by atoms with Crippen LogP contribution < -0.4 is 5.32 Å². The Morgan fingerprint density at radius 3 is 2.17 bits per heavy atom. The van der Waals surface area contributed by atoms with E-state index in [2.05, 4.69) is 45.1 Å². The normalized spacial score (nSPS) is 17.6. The van der Waals surface area contributed by atoms with Gasteiger partial charge in [0.05, 0.1) is 12.2 Å². The predicted molar refractivity (Wildman–Crippen MR) is 122 cm³/mol. The van der Waals surface area contributed by atoms with Crippen molar-refractivity contribution in [2.75, 3.05) is 25.6 Å². The van der Waals surface area contributed by atoms with E-state index in [1.807, 2.05) is 13.8 Å². The highest BCUT2D eigenvalue weighted by atomic mass is 16.5. The van der Waals surface area contributed by atoms with E-state index in [1.54, 1.807) is 13.2 Å². The summed E-state index contributed by atoms with van der Waals surface area (Å²) < 4.78 is 16.0. The van der Waals surface area contributed by atoms with Gasteiger partial charge in [-0.15, -0.1) is 0 Å². The molecular weight excluding hydrogens is 380 g/mol. The minimum absolute atomic E-state index is 0.210. The molecule has 0 aliphatic heterocycles. The van der Waals surface area contributed by atoms with Crippen molar-refractivity contribution in [3.8, 4) is 0 Å². The van der Waals surface area contributed by atoms with Gasteiger partial charge in [0.1, 0.15) is 5.76 Å². The summed E-state index contributed by atoms with van der Waals surface area (Å²) in [5.41, 5.74) is 0.285. The largest absolute Gasteiger partial charge is 0.384 e. The lowest BCUT2D eigenvalue weighted by atomic mass is 9.64. The topological polar surface area (TPSA) is 73.6 Å². The first-order valence-corrected chi connectivity index (χ1v) is 11.4. The number of nitrogens with zero attached hydrogens (tertiary/aromatic N) is 1. The van der Waals surface area contributed by atoms with E-state index < -0.39 is 0 Å². The Balaban J connectivity index is 0.000000248. The molecule has 2 fully saturated rings. The van der Waals surface area contributed by atoms with Crippen LogP contribution in [0.2, 0.25) is 0 Å². The molecule has 1 amide bonds. The Morgan fingerprint density at radius 2 is 1.87 bits per heavy atom. The lowest BCUT2D eigenvalue weighted by Gasteiger charge is -2.51. The summed E-state index contributed by atoms with van der Waals surface area (Å²) in [6.45, 7) is 16.5. The van der Waals surface area contributed by atoms with Crippen LogP contribution in [0.5, 0.6) is 0 Å². The van der Waals surface area contributed by atoms with Crippen molar-refractivity contribution in [3.63, 3.8) is 0 Å². The molecule has 0 bridgehead atoms. The quantitative estimate of drug-likeness (QED) is 0.521. The monoisotopic (exact) mass is 424 g/mol. The van der Waals surface area contributed by atoms with Gasteiger partial charge in [-0.2, -0.15) is 0 Å². The minimum atomic E-state index is -0.245. The Morgan fingerprint density at radius 1 is 1.23 bits per heavy atom. The van der Waals surface area contributed by atoms with Gasteiger partial charge >= 0.3 is 0 Å². The second kappa shape index (κ2) is 11.8. The average molecular weight is 425 g/mol. The highest BCUT2D eigenvalue weighted by Crippen LogP contribution is 2.48. The van der Waals surface area contributed by atoms with E-state index in [4.69, 9.17) is 14.0 Å². The van der Waals surface area contributed by atoms with Crippen molar-refractivity contribution in [3.05, 3.63) is 11.8 Å². The van der Waals surface area contributed by atoms with Gasteiger partial charge in [0.25, 0.3) is 0 Å². The van der Waals surface area contributed by atoms with Crippen LogP contribution in [0.4, 0.5) is 5.82 Å². The summed E-state index contributed by atoms with van der Waals surface area (Å²) >= 11 is 0. The molecule has 1 heterocycles. The smallest absolute Gasteiger partial charge is 0.212 e. The fourth-order valence-electron chi connectivity index (χ4n) is 3.57. The summed E-state index contributed by atoms with van der Waals surface area (Å²) in [5, 5.41) is 6.10. The highest BCUT2D eigenvalue weighted by molar-refractivity contribution is 5.68. The molecule has 0 radical (unpaired) electrons. The molecule has 0 unspecified atom stereocenters. The first-order chi connectivity index (χ1) is 14.0. The number of anilines is 1. The fraction of sp³-hybridized carbons (Fsp3) is 0.833. The number of hydrogen-bond donors (Lipinski definition) is 1. The van der Waals surface area contributed by atoms with Crippen molar-refractivity contribution in [1.82, 2.24) is 5.16 Å². The first kappa shape index (κ1) is 26.6.